The molecule has 4 amide bonds. The van der Waals surface area contributed by atoms with E-state index in [-0.39, 0.29) is 17.8 Å². The molecule has 7 nitrogen and oxygen atoms in total. The first kappa shape index (κ1) is 22.6. The standard InChI is InChI=1S/C25H26N4O3/c1-2-7-23(30)27-22-11-6-8-18(16-22)17-26-24(31)19-12-14-21(15-13-19)29-25(32)28-20-9-4-3-5-10-20/h3-6,8-16H,2,7,17H2,1H3,(H,26,31)(H,27,30)(H2,28,29,32). The van der Waals surface area contributed by atoms with Crippen LogP contribution in [0, 0.1) is 0 Å². The average molecular weight is 431 g/mol. The highest BCUT2D eigenvalue weighted by Crippen LogP contribution is 2.13. The molecule has 0 saturated heterocycles. The third-order valence-corrected chi connectivity index (χ3v) is 4.58. The van der Waals surface area contributed by atoms with Crippen molar-refractivity contribution in [1.29, 1.82) is 0 Å². The molecule has 4 N–H and O–H groups in total. The molecule has 0 saturated carbocycles. The molecular formula is C25H26N4O3. The SMILES string of the molecule is CCCC(=O)Nc1cccc(CNC(=O)c2ccc(NC(=O)Nc3ccccc3)cc2)c1. The predicted octanol–water partition coefficient (Wildman–Crippen LogP) is 5.00. The zero-order valence-electron chi connectivity index (χ0n) is 17.9. The highest BCUT2D eigenvalue weighted by Gasteiger charge is 2.08. The Morgan fingerprint density at radius 2 is 1.38 bits per heavy atom. The van der Waals surface area contributed by atoms with Crippen LogP contribution >= 0.6 is 0 Å². The van der Waals surface area contributed by atoms with Crippen LogP contribution in [0.4, 0.5) is 21.9 Å². The van der Waals surface area contributed by atoms with Crippen LogP contribution in [0.15, 0.2) is 78.9 Å². The highest BCUT2D eigenvalue weighted by atomic mass is 16.2. The number of hydrogen-bond acceptors (Lipinski definition) is 3. The number of amides is 4. The molecule has 0 heterocycles. The van der Waals surface area contributed by atoms with Crippen LogP contribution in [0.2, 0.25) is 0 Å². The number of rotatable bonds is 8. The fraction of sp³-hybridized carbons (Fsp3) is 0.160. The fourth-order valence-corrected chi connectivity index (χ4v) is 3.01. The zero-order chi connectivity index (χ0) is 22.8. The van der Waals surface area contributed by atoms with Crippen molar-refractivity contribution in [2.24, 2.45) is 0 Å². The van der Waals surface area contributed by atoms with Crippen molar-refractivity contribution in [2.45, 2.75) is 26.3 Å². The Hall–Kier alpha value is -4.13. The number of urea groups is 1. The lowest BCUT2D eigenvalue weighted by atomic mass is 10.1. The molecule has 0 bridgehead atoms. The summed E-state index contributed by atoms with van der Waals surface area (Å²) in [5, 5.41) is 11.2. The van der Waals surface area contributed by atoms with Crippen LogP contribution in [0.1, 0.15) is 35.7 Å². The van der Waals surface area contributed by atoms with E-state index in [1.807, 2.05) is 49.4 Å². The molecule has 164 valence electrons. The molecule has 0 unspecified atom stereocenters. The second kappa shape index (κ2) is 11.3. The normalized spacial score (nSPS) is 10.2. The van der Waals surface area contributed by atoms with Gasteiger partial charge in [-0.1, -0.05) is 37.3 Å². The molecule has 0 radical (unpaired) electrons. The van der Waals surface area contributed by atoms with Crippen molar-refractivity contribution in [3.05, 3.63) is 90.0 Å². The van der Waals surface area contributed by atoms with E-state index < -0.39 is 0 Å². The molecule has 3 rings (SSSR count). The van der Waals surface area contributed by atoms with Gasteiger partial charge in [0.25, 0.3) is 5.91 Å². The molecule has 0 fully saturated rings. The molecule has 0 aliphatic carbocycles. The van der Waals surface area contributed by atoms with Crippen LogP contribution in [0.3, 0.4) is 0 Å². The molecule has 0 atom stereocenters. The minimum absolute atomic E-state index is 0.0279. The summed E-state index contributed by atoms with van der Waals surface area (Å²) in [5.41, 5.74) is 3.33. The van der Waals surface area contributed by atoms with Crippen LogP contribution in [-0.4, -0.2) is 17.8 Å². The van der Waals surface area contributed by atoms with Gasteiger partial charge in [-0.15, -0.1) is 0 Å². The van der Waals surface area contributed by atoms with Gasteiger partial charge in [-0.25, -0.2) is 4.79 Å². The maximum absolute atomic E-state index is 12.5. The van der Waals surface area contributed by atoms with Gasteiger partial charge in [-0.3, -0.25) is 9.59 Å². The van der Waals surface area contributed by atoms with Gasteiger partial charge in [0.2, 0.25) is 5.91 Å². The van der Waals surface area contributed by atoms with Crippen molar-refractivity contribution < 1.29 is 14.4 Å². The maximum atomic E-state index is 12.5. The summed E-state index contributed by atoms with van der Waals surface area (Å²) < 4.78 is 0. The van der Waals surface area contributed by atoms with Gasteiger partial charge >= 0.3 is 6.03 Å². The van der Waals surface area contributed by atoms with Gasteiger partial charge in [-0.05, 0) is 60.5 Å². The lowest BCUT2D eigenvalue weighted by Gasteiger charge is -2.10. The van der Waals surface area contributed by atoms with Crippen molar-refractivity contribution in [3.63, 3.8) is 0 Å². The molecule has 0 aromatic heterocycles. The first-order valence-electron chi connectivity index (χ1n) is 10.4. The number of hydrogen-bond donors (Lipinski definition) is 4. The maximum Gasteiger partial charge on any atom is 0.323 e. The summed E-state index contributed by atoms with van der Waals surface area (Å²) in [6.45, 7) is 2.28. The third-order valence-electron chi connectivity index (χ3n) is 4.58. The monoisotopic (exact) mass is 430 g/mol. The highest BCUT2D eigenvalue weighted by molar-refractivity contribution is 6.00. The third kappa shape index (κ3) is 6.98. The van der Waals surface area contributed by atoms with Gasteiger partial charge < -0.3 is 21.3 Å². The summed E-state index contributed by atoms with van der Waals surface area (Å²) in [5.74, 6) is -0.259. The van der Waals surface area contributed by atoms with Crippen LogP contribution in [0.5, 0.6) is 0 Å². The van der Waals surface area contributed by atoms with E-state index in [0.717, 1.165) is 12.0 Å². The predicted molar refractivity (Wildman–Crippen MR) is 127 cm³/mol. The number of carbonyl (C=O) groups excluding carboxylic acids is 3. The first-order valence-corrected chi connectivity index (χ1v) is 10.4. The summed E-state index contributed by atoms with van der Waals surface area (Å²) in [7, 11) is 0. The second-order valence-corrected chi connectivity index (χ2v) is 7.20. The Morgan fingerprint density at radius 3 is 2.06 bits per heavy atom. The average Bonchev–Trinajstić information content (AvgIpc) is 2.79. The first-order chi connectivity index (χ1) is 15.5. The van der Waals surface area contributed by atoms with E-state index in [2.05, 4.69) is 21.3 Å². The lowest BCUT2D eigenvalue weighted by Crippen LogP contribution is -2.23. The summed E-state index contributed by atoms with van der Waals surface area (Å²) >= 11 is 0. The van der Waals surface area contributed by atoms with Crippen LogP contribution in [0.25, 0.3) is 0 Å². The van der Waals surface area contributed by atoms with E-state index in [0.29, 0.717) is 35.6 Å². The molecular weight excluding hydrogens is 404 g/mol. The van der Waals surface area contributed by atoms with Gasteiger partial charge in [0.1, 0.15) is 0 Å². The Morgan fingerprint density at radius 1 is 0.719 bits per heavy atom. The number of nitrogens with one attached hydrogen (secondary N) is 4. The van der Waals surface area contributed by atoms with E-state index >= 15 is 0 Å². The minimum atomic E-state index is -0.362. The molecule has 3 aromatic carbocycles. The number of benzene rings is 3. The number of carbonyl (C=O) groups is 3. The minimum Gasteiger partial charge on any atom is -0.348 e. The van der Waals surface area contributed by atoms with Gasteiger partial charge in [-0.2, -0.15) is 0 Å². The van der Waals surface area contributed by atoms with Gasteiger partial charge in [0.15, 0.2) is 0 Å². The Balaban J connectivity index is 1.50. The molecule has 0 aliphatic rings. The molecule has 32 heavy (non-hydrogen) atoms. The van der Waals surface area contributed by atoms with Crippen LogP contribution in [-0.2, 0) is 11.3 Å². The molecule has 0 spiro atoms. The lowest BCUT2D eigenvalue weighted by molar-refractivity contribution is -0.116. The van der Waals surface area contributed by atoms with Gasteiger partial charge in [0, 0.05) is 35.6 Å². The van der Waals surface area contributed by atoms with E-state index in [4.69, 9.17) is 0 Å². The van der Waals surface area contributed by atoms with E-state index in [9.17, 15) is 14.4 Å². The largest absolute Gasteiger partial charge is 0.348 e. The summed E-state index contributed by atoms with van der Waals surface area (Å²) in [6, 6.07) is 22.8. The summed E-state index contributed by atoms with van der Waals surface area (Å²) in [6.07, 6.45) is 1.26. The Bertz CT molecular complexity index is 1070. The van der Waals surface area contributed by atoms with Crippen LogP contribution < -0.4 is 21.3 Å². The van der Waals surface area contributed by atoms with E-state index in [1.165, 1.54) is 0 Å². The topological polar surface area (TPSA) is 99.3 Å². The van der Waals surface area contributed by atoms with Gasteiger partial charge in [0.05, 0.1) is 0 Å². The van der Waals surface area contributed by atoms with Crippen molar-refractivity contribution in [2.75, 3.05) is 16.0 Å². The Labute approximate surface area is 187 Å². The zero-order valence-corrected chi connectivity index (χ0v) is 17.9. The number of para-hydroxylation sites is 1. The van der Waals surface area contributed by atoms with Crippen molar-refractivity contribution >= 4 is 34.9 Å². The quantitative estimate of drug-likeness (QED) is 0.405. The Kier molecular flexibility index (Phi) is 7.97. The van der Waals surface area contributed by atoms with E-state index in [1.54, 1.807) is 36.4 Å². The second-order valence-electron chi connectivity index (χ2n) is 7.20. The van der Waals surface area contributed by atoms with Crippen molar-refractivity contribution in [3.8, 4) is 0 Å². The smallest absolute Gasteiger partial charge is 0.323 e. The molecule has 3 aromatic rings. The number of anilines is 3. The fourth-order valence-electron chi connectivity index (χ4n) is 3.01. The molecule has 0 aliphatic heterocycles. The molecule has 7 heteroatoms. The van der Waals surface area contributed by atoms with Crippen molar-refractivity contribution in [1.82, 2.24) is 5.32 Å². The summed E-state index contributed by atoms with van der Waals surface area (Å²) in [4.78, 5) is 36.3.